The number of amides is 1. The van der Waals surface area contributed by atoms with Crippen molar-refractivity contribution in [2.75, 3.05) is 11.9 Å². The van der Waals surface area contributed by atoms with E-state index in [1.54, 1.807) is 30.3 Å². The van der Waals surface area contributed by atoms with Crippen molar-refractivity contribution in [3.8, 4) is 5.75 Å². The Balaban J connectivity index is 1.84. The molecule has 22 heavy (non-hydrogen) atoms. The summed E-state index contributed by atoms with van der Waals surface area (Å²) in [4.78, 5) is 21.9. The molecule has 6 nitrogen and oxygen atoms in total. The minimum absolute atomic E-state index is 0.0786. The third-order valence-corrected chi connectivity index (χ3v) is 3.08. The topological polar surface area (TPSA) is 81.5 Å². The number of carbonyl (C=O) groups excluding carboxylic acids is 1. The fourth-order valence-corrected chi connectivity index (χ4v) is 1.93. The smallest absolute Gasteiger partial charge is 0.271 e. The lowest BCUT2D eigenvalue weighted by Gasteiger charge is -2.08. The van der Waals surface area contributed by atoms with Crippen LogP contribution >= 0.6 is 11.6 Å². The lowest BCUT2D eigenvalue weighted by atomic mass is 10.2. The van der Waals surface area contributed by atoms with Crippen LogP contribution in [0.1, 0.15) is 6.42 Å². The summed E-state index contributed by atoms with van der Waals surface area (Å²) in [5.41, 5.74) is 0.294. The highest BCUT2D eigenvalue weighted by molar-refractivity contribution is 6.32. The number of rotatable bonds is 6. The van der Waals surface area contributed by atoms with Crippen LogP contribution in [0.25, 0.3) is 0 Å². The van der Waals surface area contributed by atoms with Crippen molar-refractivity contribution in [1.82, 2.24) is 0 Å². The normalized spacial score (nSPS) is 10.0. The molecule has 0 atom stereocenters. The number of hydrogen-bond acceptors (Lipinski definition) is 4. The predicted octanol–water partition coefficient (Wildman–Crippen LogP) is 3.66. The number of benzene rings is 2. The molecule has 0 fully saturated rings. The average Bonchev–Trinajstić information content (AvgIpc) is 2.49. The van der Waals surface area contributed by atoms with Gasteiger partial charge in [-0.25, -0.2) is 0 Å². The van der Waals surface area contributed by atoms with Crippen molar-refractivity contribution >= 4 is 28.9 Å². The van der Waals surface area contributed by atoms with E-state index < -0.39 is 4.92 Å². The van der Waals surface area contributed by atoms with E-state index in [4.69, 9.17) is 16.3 Å². The largest absolute Gasteiger partial charge is 0.491 e. The van der Waals surface area contributed by atoms with E-state index in [1.807, 2.05) is 0 Å². The number of hydrogen-bond donors (Lipinski definition) is 1. The first kappa shape index (κ1) is 15.8. The van der Waals surface area contributed by atoms with E-state index >= 15 is 0 Å². The van der Waals surface area contributed by atoms with Crippen molar-refractivity contribution < 1.29 is 14.5 Å². The molecule has 1 amide bonds. The first-order chi connectivity index (χ1) is 10.6. The number of halogens is 1. The lowest BCUT2D eigenvalue weighted by Crippen LogP contribution is -2.15. The number of ether oxygens (including phenoxy) is 1. The van der Waals surface area contributed by atoms with E-state index in [0.29, 0.717) is 16.5 Å². The Morgan fingerprint density at radius 2 is 2.00 bits per heavy atom. The van der Waals surface area contributed by atoms with Gasteiger partial charge < -0.3 is 10.1 Å². The monoisotopic (exact) mass is 320 g/mol. The Kier molecular flexibility index (Phi) is 5.32. The molecule has 1 N–H and O–H groups in total. The van der Waals surface area contributed by atoms with Crippen LogP contribution < -0.4 is 10.1 Å². The van der Waals surface area contributed by atoms with E-state index in [9.17, 15) is 14.9 Å². The molecule has 0 saturated carbocycles. The van der Waals surface area contributed by atoms with Gasteiger partial charge in [0.05, 0.1) is 23.0 Å². The van der Waals surface area contributed by atoms with Gasteiger partial charge in [-0.05, 0) is 18.2 Å². The summed E-state index contributed by atoms with van der Waals surface area (Å²) in [6.45, 7) is 0.157. The van der Waals surface area contributed by atoms with Crippen LogP contribution in [0.3, 0.4) is 0 Å². The maximum atomic E-state index is 11.8. The molecule has 0 unspecified atom stereocenters. The van der Waals surface area contributed by atoms with Crippen LogP contribution in [0.15, 0.2) is 48.5 Å². The first-order valence-corrected chi connectivity index (χ1v) is 6.85. The molecule has 0 heterocycles. The second-order valence-electron chi connectivity index (χ2n) is 4.38. The average molecular weight is 321 g/mol. The van der Waals surface area contributed by atoms with Gasteiger partial charge >= 0.3 is 0 Å². The number of nitrogens with zero attached hydrogens (tertiary/aromatic N) is 1. The van der Waals surface area contributed by atoms with Crippen LogP contribution in [0, 0.1) is 10.1 Å². The van der Waals surface area contributed by atoms with Crippen molar-refractivity contribution in [3.05, 3.63) is 63.7 Å². The summed E-state index contributed by atoms with van der Waals surface area (Å²) in [7, 11) is 0. The fourth-order valence-electron chi connectivity index (χ4n) is 1.74. The highest BCUT2D eigenvalue weighted by atomic mass is 35.5. The molecule has 0 aromatic heterocycles. The van der Waals surface area contributed by atoms with E-state index in [2.05, 4.69) is 5.32 Å². The molecule has 0 aliphatic carbocycles. The molecule has 0 aliphatic heterocycles. The maximum Gasteiger partial charge on any atom is 0.271 e. The summed E-state index contributed by atoms with van der Waals surface area (Å²) >= 11 is 5.93. The molecule has 2 aromatic carbocycles. The van der Waals surface area contributed by atoms with Crippen LogP contribution in [-0.4, -0.2) is 17.4 Å². The van der Waals surface area contributed by atoms with Crippen molar-refractivity contribution in [1.29, 1.82) is 0 Å². The zero-order valence-electron chi connectivity index (χ0n) is 11.5. The number of nitrogens with one attached hydrogen (secondary N) is 1. The number of carbonyl (C=O) groups is 1. The quantitative estimate of drug-likeness (QED) is 0.650. The summed E-state index contributed by atoms with van der Waals surface area (Å²) in [6.07, 6.45) is 0.105. The Morgan fingerprint density at radius 1 is 1.23 bits per heavy atom. The molecule has 0 radical (unpaired) electrons. The zero-order chi connectivity index (χ0) is 15.9. The summed E-state index contributed by atoms with van der Waals surface area (Å²) in [5.74, 6) is 0.208. The molecule has 0 bridgehead atoms. The van der Waals surface area contributed by atoms with Gasteiger partial charge in [-0.2, -0.15) is 0 Å². The first-order valence-electron chi connectivity index (χ1n) is 6.48. The highest BCUT2D eigenvalue weighted by Crippen LogP contribution is 2.23. The molecule has 0 spiro atoms. The maximum absolute atomic E-state index is 11.8. The van der Waals surface area contributed by atoms with Crippen LogP contribution in [-0.2, 0) is 4.79 Å². The van der Waals surface area contributed by atoms with E-state index in [0.717, 1.165) is 0 Å². The molecule has 0 saturated heterocycles. The van der Waals surface area contributed by atoms with Gasteiger partial charge in [0.15, 0.2) is 0 Å². The van der Waals surface area contributed by atoms with Crippen molar-refractivity contribution in [3.63, 3.8) is 0 Å². The summed E-state index contributed by atoms with van der Waals surface area (Å²) in [6, 6.07) is 12.7. The van der Waals surface area contributed by atoms with Crippen LogP contribution in [0.4, 0.5) is 11.4 Å². The third kappa shape index (κ3) is 4.46. The predicted molar refractivity (Wildman–Crippen MR) is 83.3 cm³/mol. The Morgan fingerprint density at radius 3 is 2.73 bits per heavy atom. The Bertz CT molecular complexity index is 691. The highest BCUT2D eigenvalue weighted by Gasteiger charge is 2.08. The van der Waals surface area contributed by atoms with Gasteiger partial charge in [0, 0.05) is 17.8 Å². The van der Waals surface area contributed by atoms with Crippen LogP contribution in [0.5, 0.6) is 5.75 Å². The van der Waals surface area contributed by atoms with Crippen molar-refractivity contribution in [2.45, 2.75) is 6.42 Å². The third-order valence-electron chi connectivity index (χ3n) is 2.76. The van der Waals surface area contributed by atoms with Gasteiger partial charge in [-0.15, -0.1) is 0 Å². The molecule has 7 heteroatoms. The Hall–Kier alpha value is -2.60. The second-order valence-corrected chi connectivity index (χ2v) is 4.79. The van der Waals surface area contributed by atoms with Gasteiger partial charge in [0.25, 0.3) is 5.69 Å². The SMILES string of the molecule is O=C(CCOc1ccccc1Cl)Nc1cccc([N+](=O)[O-])c1. The zero-order valence-corrected chi connectivity index (χ0v) is 12.2. The van der Waals surface area contributed by atoms with Gasteiger partial charge in [-0.3, -0.25) is 14.9 Å². The number of nitro groups is 1. The Labute approximate surface area is 131 Å². The number of para-hydroxylation sites is 1. The van der Waals surface area contributed by atoms with E-state index in [-0.39, 0.29) is 24.6 Å². The number of anilines is 1. The number of non-ortho nitro benzene ring substituents is 1. The van der Waals surface area contributed by atoms with Gasteiger partial charge in [0.1, 0.15) is 5.75 Å². The lowest BCUT2D eigenvalue weighted by molar-refractivity contribution is -0.384. The van der Waals surface area contributed by atoms with E-state index in [1.165, 1.54) is 18.2 Å². The second kappa shape index (κ2) is 7.42. The molecular formula is C15H13ClN2O4. The van der Waals surface area contributed by atoms with Crippen LogP contribution in [0.2, 0.25) is 5.02 Å². The van der Waals surface area contributed by atoms with Crippen molar-refractivity contribution in [2.24, 2.45) is 0 Å². The molecule has 0 aliphatic rings. The minimum Gasteiger partial charge on any atom is -0.491 e. The summed E-state index contributed by atoms with van der Waals surface area (Å²) < 4.78 is 5.41. The number of nitro benzene ring substituents is 1. The standard InChI is InChI=1S/C15H13ClN2O4/c16-13-6-1-2-7-14(13)22-9-8-15(19)17-11-4-3-5-12(10-11)18(20)21/h1-7,10H,8-9H2,(H,17,19). The molecule has 114 valence electrons. The minimum atomic E-state index is -0.518. The fraction of sp³-hybridized carbons (Fsp3) is 0.133. The molecular weight excluding hydrogens is 308 g/mol. The summed E-state index contributed by atoms with van der Waals surface area (Å²) in [5, 5.41) is 13.7. The molecule has 2 aromatic rings. The van der Waals surface area contributed by atoms with Gasteiger partial charge in [-0.1, -0.05) is 29.8 Å². The van der Waals surface area contributed by atoms with Gasteiger partial charge in [0.2, 0.25) is 5.91 Å². The molecule has 2 rings (SSSR count).